The van der Waals surface area contributed by atoms with Gasteiger partial charge in [-0.2, -0.15) is 8.78 Å². The van der Waals surface area contributed by atoms with Gasteiger partial charge in [-0.1, -0.05) is 30.3 Å². The van der Waals surface area contributed by atoms with Gasteiger partial charge in [0.05, 0.1) is 0 Å². The number of anilines is 1. The number of hydrogen-bond acceptors (Lipinski definition) is 4. The van der Waals surface area contributed by atoms with E-state index in [0.717, 1.165) is 12.1 Å². The lowest BCUT2D eigenvalue weighted by molar-refractivity contribution is -0.111. The zero-order valence-electron chi connectivity index (χ0n) is 15.0. The molecule has 2 aromatic carbocycles. The fourth-order valence-electron chi connectivity index (χ4n) is 2.62. The van der Waals surface area contributed by atoms with Crippen molar-refractivity contribution in [3.05, 3.63) is 66.5 Å². The number of nitrogens with one attached hydrogen (secondary N) is 1. The second-order valence-electron chi connectivity index (χ2n) is 5.76. The number of halogens is 2. The normalized spacial score (nSPS) is 11.1. The van der Waals surface area contributed by atoms with Gasteiger partial charge in [0.2, 0.25) is 5.91 Å². The lowest BCUT2D eigenvalue weighted by Gasteiger charge is -2.08. The van der Waals surface area contributed by atoms with E-state index in [9.17, 15) is 13.6 Å². The Morgan fingerprint density at radius 2 is 2.07 bits per heavy atom. The molecule has 1 amide bonds. The molecule has 0 aliphatic heterocycles. The van der Waals surface area contributed by atoms with Crippen molar-refractivity contribution in [2.45, 2.75) is 20.1 Å². The molecule has 28 heavy (non-hydrogen) atoms. The molecule has 0 unspecified atom stereocenters. The Bertz CT molecular complexity index is 986. The topological polar surface area (TPSA) is 69.0 Å². The number of amides is 1. The minimum absolute atomic E-state index is 0.00227. The Kier molecular flexibility index (Phi) is 6.11. The summed E-state index contributed by atoms with van der Waals surface area (Å²) in [5.41, 5.74) is 1.77. The van der Waals surface area contributed by atoms with Gasteiger partial charge in [0.1, 0.15) is 12.1 Å². The van der Waals surface area contributed by atoms with Crippen LogP contribution in [0, 0.1) is 0 Å². The largest absolute Gasteiger partial charge is 0.434 e. The standard InChI is InChI=1S/C20H18F2N4O2/c1-2-26-13-23-25-19(26)15-7-5-8-16(12-15)24-18(27)11-10-14-6-3-4-9-17(14)28-20(21)22/h3-13,20H,2H2,1H3,(H,24,27)/b11-10+. The summed E-state index contributed by atoms with van der Waals surface area (Å²) in [4.78, 5) is 12.2. The Hall–Kier alpha value is -3.55. The zero-order chi connectivity index (χ0) is 19.9. The summed E-state index contributed by atoms with van der Waals surface area (Å²) < 4.78 is 31.2. The first-order valence-electron chi connectivity index (χ1n) is 8.58. The number of nitrogens with zero attached hydrogens (tertiary/aromatic N) is 3. The average molecular weight is 384 g/mol. The number of carbonyl (C=O) groups is 1. The van der Waals surface area contributed by atoms with E-state index in [1.807, 2.05) is 17.6 Å². The molecule has 0 radical (unpaired) electrons. The van der Waals surface area contributed by atoms with Crippen molar-refractivity contribution in [3.63, 3.8) is 0 Å². The van der Waals surface area contributed by atoms with Crippen LogP contribution in [0.15, 0.2) is 60.9 Å². The van der Waals surface area contributed by atoms with Gasteiger partial charge in [0.25, 0.3) is 0 Å². The van der Waals surface area contributed by atoms with Crippen molar-refractivity contribution in [1.82, 2.24) is 14.8 Å². The highest BCUT2D eigenvalue weighted by Crippen LogP contribution is 2.22. The highest BCUT2D eigenvalue weighted by molar-refractivity contribution is 6.02. The molecule has 0 spiro atoms. The predicted octanol–water partition coefficient (Wildman–Crippen LogP) is 4.22. The Labute approximate surface area is 160 Å². The number of ether oxygens (including phenoxy) is 1. The summed E-state index contributed by atoms with van der Waals surface area (Å²) in [5.74, 6) is 0.302. The Morgan fingerprint density at radius 3 is 2.86 bits per heavy atom. The first-order chi connectivity index (χ1) is 13.6. The van der Waals surface area contributed by atoms with Crippen LogP contribution in [0.1, 0.15) is 12.5 Å². The van der Waals surface area contributed by atoms with Crippen LogP contribution >= 0.6 is 0 Å². The molecule has 3 rings (SSSR count). The molecule has 3 aromatic rings. The SMILES string of the molecule is CCn1cnnc1-c1cccc(NC(=O)/C=C/c2ccccc2OC(F)F)c1. The molecule has 0 aliphatic rings. The second kappa shape index (κ2) is 8.90. The zero-order valence-corrected chi connectivity index (χ0v) is 15.0. The van der Waals surface area contributed by atoms with E-state index in [1.54, 1.807) is 42.7 Å². The van der Waals surface area contributed by atoms with Gasteiger partial charge in [0, 0.05) is 29.4 Å². The molecule has 0 aliphatic carbocycles. The van der Waals surface area contributed by atoms with Gasteiger partial charge >= 0.3 is 6.61 Å². The fraction of sp³-hybridized carbons (Fsp3) is 0.150. The molecule has 0 bridgehead atoms. The number of alkyl halides is 2. The molecule has 1 heterocycles. The van der Waals surface area contributed by atoms with E-state index in [4.69, 9.17) is 0 Å². The molecule has 6 nitrogen and oxygen atoms in total. The van der Waals surface area contributed by atoms with E-state index in [-0.39, 0.29) is 5.75 Å². The minimum atomic E-state index is -2.93. The van der Waals surface area contributed by atoms with Gasteiger partial charge in [0.15, 0.2) is 5.82 Å². The number of rotatable bonds is 7. The van der Waals surface area contributed by atoms with Gasteiger partial charge < -0.3 is 14.6 Å². The van der Waals surface area contributed by atoms with Crippen LogP contribution in [0.4, 0.5) is 14.5 Å². The third-order valence-electron chi connectivity index (χ3n) is 3.89. The van der Waals surface area contributed by atoms with Gasteiger partial charge in [-0.3, -0.25) is 4.79 Å². The Balaban J connectivity index is 1.72. The molecule has 0 saturated carbocycles. The highest BCUT2D eigenvalue weighted by Gasteiger charge is 2.09. The second-order valence-corrected chi connectivity index (χ2v) is 5.76. The van der Waals surface area contributed by atoms with Crippen LogP contribution in [0.25, 0.3) is 17.5 Å². The van der Waals surface area contributed by atoms with Crippen molar-refractivity contribution in [2.75, 3.05) is 5.32 Å². The number of hydrogen-bond donors (Lipinski definition) is 1. The van der Waals surface area contributed by atoms with E-state index in [1.165, 1.54) is 18.2 Å². The molecule has 144 valence electrons. The van der Waals surface area contributed by atoms with Crippen LogP contribution in [0.3, 0.4) is 0 Å². The number of aryl methyl sites for hydroxylation is 1. The third-order valence-corrected chi connectivity index (χ3v) is 3.89. The van der Waals surface area contributed by atoms with Crippen molar-refractivity contribution in [1.29, 1.82) is 0 Å². The molecular weight excluding hydrogens is 366 g/mol. The molecule has 0 fully saturated rings. The quantitative estimate of drug-likeness (QED) is 0.620. The summed E-state index contributed by atoms with van der Waals surface area (Å²) >= 11 is 0. The summed E-state index contributed by atoms with van der Waals surface area (Å²) in [5, 5.41) is 10.7. The van der Waals surface area contributed by atoms with Gasteiger partial charge in [-0.25, -0.2) is 0 Å². The number of para-hydroxylation sites is 1. The lowest BCUT2D eigenvalue weighted by Crippen LogP contribution is -2.08. The molecule has 0 atom stereocenters. The van der Waals surface area contributed by atoms with E-state index < -0.39 is 12.5 Å². The maximum atomic E-state index is 12.5. The molecule has 0 saturated heterocycles. The third kappa shape index (κ3) is 4.79. The number of carbonyl (C=O) groups excluding carboxylic acids is 1. The van der Waals surface area contributed by atoms with Crippen LogP contribution in [-0.2, 0) is 11.3 Å². The molecule has 1 aromatic heterocycles. The minimum Gasteiger partial charge on any atom is -0.434 e. The average Bonchev–Trinajstić information content (AvgIpc) is 3.16. The van der Waals surface area contributed by atoms with E-state index in [0.29, 0.717) is 17.1 Å². The monoisotopic (exact) mass is 384 g/mol. The van der Waals surface area contributed by atoms with Crippen LogP contribution in [-0.4, -0.2) is 27.3 Å². The van der Waals surface area contributed by atoms with Crippen LogP contribution in [0.5, 0.6) is 5.75 Å². The highest BCUT2D eigenvalue weighted by atomic mass is 19.3. The Morgan fingerprint density at radius 1 is 1.25 bits per heavy atom. The van der Waals surface area contributed by atoms with Crippen molar-refractivity contribution in [3.8, 4) is 17.1 Å². The molecular formula is C20H18F2N4O2. The molecule has 8 heteroatoms. The summed E-state index contributed by atoms with van der Waals surface area (Å²) in [6, 6.07) is 13.5. The van der Waals surface area contributed by atoms with E-state index >= 15 is 0 Å². The van der Waals surface area contributed by atoms with Crippen molar-refractivity contribution < 1.29 is 18.3 Å². The number of benzene rings is 2. The van der Waals surface area contributed by atoms with Crippen LogP contribution in [0.2, 0.25) is 0 Å². The number of aromatic nitrogens is 3. The van der Waals surface area contributed by atoms with Crippen LogP contribution < -0.4 is 10.1 Å². The lowest BCUT2D eigenvalue weighted by atomic mass is 10.1. The summed E-state index contributed by atoms with van der Waals surface area (Å²) in [7, 11) is 0. The first-order valence-corrected chi connectivity index (χ1v) is 8.58. The van der Waals surface area contributed by atoms with Crippen molar-refractivity contribution >= 4 is 17.7 Å². The molecule has 1 N–H and O–H groups in total. The summed E-state index contributed by atoms with van der Waals surface area (Å²) in [6.07, 6.45) is 4.32. The van der Waals surface area contributed by atoms with Crippen molar-refractivity contribution in [2.24, 2.45) is 0 Å². The smallest absolute Gasteiger partial charge is 0.387 e. The van der Waals surface area contributed by atoms with E-state index in [2.05, 4.69) is 20.3 Å². The predicted molar refractivity (Wildman–Crippen MR) is 102 cm³/mol. The van der Waals surface area contributed by atoms with Gasteiger partial charge in [-0.15, -0.1) is 10.2 Å². The first kappa shape index (κ1) is 19.2. The maximum absolute atomic E-state index is 12.5. The fourth-order valence-corrected chi connectivity index (χ4v) is 2.62. The van der Waals surface area contributed by atoms with Gasteiger partial charge in [-0.05, 0) is 31.2 Å². The summed E-state index contributed by atoms with van der Waals surface area (Å²) in [6.45, 7) is -0.225. The maximum Gasteiger partial charge on any atom is 0.387 e.